The van der Waals surface area contributed by atoms with Gasteiger partial charge in [0.05, 0.1) is 0 Å². The molecule has 0 aromatic heterocycles. The molecule has 0 aliphatic rings. The van der Waals surface area contributed by atoms with Crippen LogP contribution < -0.4 is 10.1 Å². The van der Waals surface area contributed by atoms with Crippen LogP contribution in [0.15, 0.2) is 40.9 Å². The Morgan fingerprint density at radius 1 is 1.10 bits per heavy atom. The van der Waals surface area contributed by atoms with Gasteiger partial charge in [0.25, 0.3) is 0 Å². The third-order valence-electron chi connectivity index (χ3n) is 2.67. The second kappa shape index (κ2) is 6.81. The summed E-state index contributed by atoms with van der Waals surface area (Å²) in [5.41, 5.74) is 0.546. The number of hydrogen-bond donors (Lipinski definition) is 1. The van der Waals surface area contributed by atoms with E-state index < -0.39 is 11.6 Å². The number of halogens is 3. The predicted octanol–water partition coefficient (Wildman–Crippen LogP) is 4.63. The Morgan fingerprint density at radius 2 is 1.70 bits per heavy atom. The van der Waals surface area contributed by atoms with Gasteiger partial charge in [-0.1, -0.05) is 22.9 Å². The summed E-state index contributed by atoms with van der Waals surface area (Å²) in [5.74, 6) is -1.42. The molecule has 106 valence electrons. The Labute approximate surface area is 124 Å². The molecular formula is C15H14BrF2NO. The Kier molecular flexibility index (Phi) is 5.09. The van der Waals surface area contributed by atoms with E-state index >= 15 is 0 Å². The van der Waals surface area contributed by atoms with Crippen molar-refractivity contribution in [3.63, 3.8) is 0 Å². The van der Waals surface area contributed by atoms with E-state index in [1.54, 1.807) is 24.3 Å². The molecule has 2 aromatic rings. The van der Waals surface area contributed by atoms with Crippen LogP contribution >= 0.6 is 15.9 Å². The smallest absolute Gasteiger partial charge is 0.198 e. The van der Waals surface area contributed by atoms with Crippen molar-refractivity contribution in [3.8, 4) is 11.5 Å². The minimum atomic E-state index is -0.708. The molecule has 0 aliphatic carbocycles. The Hall–Kier alpha value is -1.46. The standard InChI is InChI=1S/C15H14BrF2NO/c1-2-19-9-10-7-13(17)15(14(18)8-10)20-12-5-3-11(16)4-6-12/h3-8,19H,2,9H2,1H3. The number of benzene rings is 2. The van der Waals surface area contributed by atoms with E-state index in [0.29, 0.717) is 17.9 Å². The lowest BCUT2D eigenvalue weighted by Gasteiger charge is -2.10. The van der Waals surface area contributed by atoms with Crippen LogP contribution in [-0.2, 0) is 6.54 Å². The molecule has 2 aromatic carbocycles. The van der Waals surface area contributed by atoms with E-state index in [0.717, 1.165) is 11.0 Å². The Balaban J connectivity index is 2.21. The van der Waals surface area contributed by atoms with Crippen LogP contribution in [0, 0.1) is 11.6 Å². The number of nitrogens with one attached hydrogen (secondary N) is 1. The molecule has 0 saturated carbocycles. The minimum Gasteiger partial charge on any atom is -0.451 e. The maximum absolute atomic E-state index is 13.9. The maximum atomic E-state index is 13.9. The van der Waals surface area contributed by atoms with E-state index in [1.165, 1.54) is 12.1 Å². The zero-order chi connectivity index (χ0) is 14.5. The molecule has 0 heterocycles. The van der Waals surface area contributed by atoms with Gasteiger partial charge in [0.1, 0.15) is 5.75 Å². The van der Waals surface area contributed by atoms with Gasteiger partial charge in [-0.3, -0.25) is 0 Å². The van der Waals surface area contributed by atoms with Crippen molar-refractivity contribution >= 4 is 15.9 Å². The van der Waals surface area contributed by atoms with Gasteiger partial charge in [-0.15, -0.1) is 0 Å². The first kappa shape index (κ1) is 14.9. The van der Waals surface area contributed by atoms with Gasteiger partial charge in [-0.25, -0.2) is 8.78 Å². The Bertz CT molecular complexity index is 564. The van der Waals surface area contributed by atoms with Crippen molar-refractivity contribution in [2.45, 2.75) is 13.5 Å². The highest BCUT2D eigenvalue weighted by Gasteiger charge is 2.13. The van der Waals surface area contributed by atoms with Crippen molar-refractivity contribution in [3.05, 3.63) is 58.1 Å². The van der Waals surface area contributed by atoms with Crippen LogP contribution in [0.4, 0.5) is 8.78 Å². The van der Waals surface area contributed by atoms with E-state index in [9.17, 15) is 8.78 Å². The highest BCUT2D eigenvalue weighted by molar-refractivity contribution is 9.10. The highest BCUT2D eigenvalue weighted by Crippen LogP contribution is 2.29. The van der Waals surface area contributed by atoms with Gasteiger partial charge < -0.3 is 10.1 Å². The second-order valence-electron chi connectivity index (χ2n) is 4.22. The van der Waals surface area contributed by atoms with E-state index in [2.05, 4.69) is 21.2 Å². The normalized spacial score (nSPS) is 10.6. The topological polar surface area (TPSA) is 21.3 Å². The molecule has 0 saturated heterocycles. The minimum absolute atomic E-state index is 0.380. The molecule has 0 bridgehead atoms. The van der Waals surface area contributed by atoms with Crippen molar-refractivity contribution in [1.29, 1.82) is 0 Å². The van der Waals surface area contributed by atoms with Crippen LogP contribution in [0.5, 0.6) is 11.5 Å². The zero-order valence-electron chi connectivity index (χ0n) is 10.9. The number of ether oxygens (including phenoxy) is 1. The summed E-state index contributed by atoms with van der Waals surface area (Å²) in [4.78, 5) is 0. The molecule has 0 unspecified atom stereocenters. The average Bonchev–Trinajstić information content (AvgIpc) is 2.42. The lowest BCUT2D eigenvalue weighted by Crippen LogP contribution is -2.12. The molecule has 1 N–H and O–H groups in total. The third kappa shape index (κ3) is 3.77. The van der Waals surface area contributed by atoms with Crippen molar-refractivity contribution in [2.24, 2.45) is 0 Å². The molecule has 5 heteroatoms. The van der Waals surface area contributed by atoms with E-state index in [1.807, 2.05) is 6.92 Å². The maximum Gasteiger partial charge on any atom is 0.198 e. The zero-order valence-corrected chi connectivity index (χ0v) is 12.5. The molecule has 0 spiro atoms. The molecule has 0 amide bonds. The summed E-state index contributed by atoms with van der Waals surface area (Å²) in [6.45, 7) is 3.08. The SMILES string of the molecule is CCNCc1cc(F)c(Oc2ccc(Br)cc2)c(F)c1. The lowest BCUT2D eigenvalue weighted by atomic mass is 10.2. The van der Waals surface area contributed by atoms with Gasteiger partial charge in [0.15, 0.2) is 17.4 Å². The largest absolute Gasteiger partial charge is 0.451 e. The molecule has 20 heavy (non-hydrogen) atoms. The van der Waals surface area contributed by atoms with Crippen LogP contribution in [0.2, 0.25) is 0 Å². The predicted molar refractivity (Wildman–Crippen MR) is 78.0 cm³/mol. The fourth-order valence-electron chi connectivity index (χ4n) is 1.70. The van der Waals surface area contributed by atoms with Crippen molar-refractivity contribution in [1.82, 2.24) is 5.32 Å². The third-order valence-corrected chi connectivity index (χ3v) is 3.20. The van der Waals surface area contributed by atoms with E-state index in [-0.39, 0.29) is 5.75 Å². The second-order valence-corrected chi connectivity index (χ2v) is 5.14. The Morgan fingerprint density at radius 3 is 2.25 bits per heavy atom. The molecule has 0 fully saturated rings. The van der Waals surface area contributed by atoms with Crippen LogP contribution in [0.3, 0.4) is 0 Å². The van der Waals surface area contributed by atoms with Gasteiger partial charge >= 0.3 is 0 Å². The summed E-state index contributed by atoms with van der Waals surface area (Å²) < 4.78 is 33.9. The van der Waals surface area contributed by atoms with Crippen molar-refractivity contribution in [2.75, 3.05) is 6.54 Å². The molecule has 0 radical (unpaired) electrons. The lowest BCUT2D eigenvalue weighted by molar-refractivity contribution is 0.406. The fraction of sp³-hybridized carbons (Fsp3) is 0.200. The first-order valence-electron chi connectivity index (χ1n) is 6.22. The van der Waals surface area contributed by atoms with Gasteiger partial charge in [-0.05, 0) is 48.5 Å². The monoisotopic (exact) mass is 341 g/mol. The molecule has 0 atom stereocenters. The fourth-order valence-corrected chi connectivity index (χ4v) is 1.97. The average molecular weight is 342 g/mol. The van der Waals surface area contributed by atoms with Crippen LogP contribution in [0.1, 0.15) is 12.5 Å². The van der Waals surface area contributed by atoms with E-state index in [4.69, 9.17) is 4.74 Å². The van der Waals surface area contributed by atoms with Crippen molar-refractivity contribution < 1.29 is 13.5 Å². The quantitative estimate of drug-likeness (QED) is 0.856. The number of rotatable bonds is 5. The first-order chi connectivity index (χ1) is 9.60. The van der Waals surface area contributed by atoms with Crippen LogP contribution in [-0.4, -0.2) is 6.54 Å². The number of hydrogen-bond acceptors (Lipinski definition) is 2. The molecular weight excluding hydrogens is 328 g/mol. The van der Waals surface area contributed by atoms with Crippen LogP contribution in [0.25, 0.3) is 0 Å². The summed E-state index contributed by atoms with van der Waals surface area (Å²) in [7, 11) is 0. The summed E-state index contributed by atoms with van der Waals surface area (Å²) in [6.07, 6.45) is 0. The van der Waals surface area contributed by atoms with Gasteiger partial charge in [0, 0.05) is 11.0 Å². The first-order valence-corrected chi connectivity index (χ1v) is 7.01. The summed E-state index contributed by atoms with van der Waals surface area (Å²) in [5, 5.41) is 3.02. The van der Waals surface area contributed by atoms with Gasteiger partial charge in [-0.2, -0.15) is 0 Å². The van der Waals surface area contributed by atoms with Gasteiger partial charge in [0.2, 0.25) is 0 Å². The molecule has 2 nitrogen and oxygen atoms in total. The summed E-state index contributed by atoms with van der Waals surface area (Å²) in [6, 6.07) is 9.31. The highest BCUT2D eigenvalue weighted by atomic mass is 79.9. The molecule has 2 rings (SSSR count). The summed E-state index contributed by atoms with van der Waals surface area (Å²) >= 11 is 3.28. The molecule has 0 aliphatic heterocycles.